The van der Waals surface area contributed by atoms with Crippen LogP contribution < -0.4 is 11.2 Å². The van der Waals surface area contributed by atoms with Crippen LogP contribution >= 0.6 is 0 Å². The first-order chi connectivity index (χ1) is 8.99. The van der Waals surface area contributed by atoms with Crippen LogP contribution in [0.25, 0.3) is 0 Å². The summed E-state index contributed by atoms with van der Waals surface area (Å²) in [5.74, 6) is 0. The van der Waals surface area contributed by atoms with Gasteiger partial charge in [-0.3, -0.25) is 0 Å². The van der Waals surface area contributed by atoms with Crippen molar-refractivity contribution in [3.63, 3.8) is 0 Å². The summed E-state index contributed by atoms with van der Waals surface area (Å²) in [6.07, 6.45) is 0. The van der Waals surface area contributed by atoms with Crippen LogP contribution in [0.3, 0.4) is 0 Å². The van der Waals surface area contributed by atoms with E-state index >= 15 is 0 Å². The first-order valence-corrected chi connectivity index (χ1v) is 7.21. The molecule has 4 heteroatoms. The maximum absolute atomic E-state index is 6.20. The maximum Gasteiger partial charge on any atom is 0.495 e. The average molecular weight is 275 g/mol. The van der Waals surface area contributed by atoms with Crippen molar-refractivity contribution in [3.05, 3.63) is 22.3 Å². The van der Waals surface area contributed by atoms with Crippen LogP contribution in [0.4, 0.5) is 5.69 Å². The monoisotopic (exact) mass is 275 g/mol. The predicted octanol–water partition coefficient (Wildman–Crippen LogP) is 2.80. The molecule has 2 rings (SSSR count). The third-order valence-corrected chi connectivity index (χ3v) is 5.23. The Morgan fingerprint density at radius 1 is 0.750 bits per heavy atom. The third-order valence-electron chi connectivity index (χ3n) is 5.23. The van der Waals surface area contributed by atoms with Gasteiger partial charge in [-0.15, -0.1) is 0 Å². The lowest BCUT2D eigenvalue weighted by Crippen LogP contribution is -2.41. The second-order valence-electron chi connectivity index (χ2n) is 6.92. The molecule has 110 valence electrons. The average Bonchev–Trinajstić information content (AvgIpc) is 2.53. The molecule has 1 fully saturated rings. The van der Waals surface area contributed by atoms with Gasteiger partial charge in [0.1, 0.15) is 0 Å². The van der Waals surface area contributed by atoms with Gasteiger partial charge in [0.15, 0.2) is 0 Å². The molecule has 0 spiro atoms. The Labute approximate surface area is 123 Å². The highest BCUT2D eigenvalue weighted by atomic mass is 16.7. The lowest BCUT2D eigenvalue weighted by Gasteiger charge is -2.32. The second-order valence-corrected chi connectivity index (χ2v) is 6.92. The zero-order chi connectivity index (χ0) is 15.5. The minimum Gasteiger partial charge on any atom is -0.399 e. The highest BCUT2D eigenvalue weighted by molar-refractivity contribution is 6.63. The summed E-state index contributed by atoms with van der Waals surface area (Å²) in [5.41, 5.74) is 12.1. The van der Waals surface area contributed by atoms with Crippen LogP contribution in [0.15, 0.2) is 0 Å². The molecule has 0 radical (unpaired) electrons. The van der Waals surface area contributed by atoms with E-state index in [2.05, 4.69) is 55.4 Å². The van der Waals surface area contributed by atoms with Crippen molar-refractivity contribution >= 4 is 18.3 Å². The number of anilines is 1. The van der Waals surface area contributed by atoms with Crippen LogP contribution in [0.1, 0.15) is 49.9 Å². The number of nitrogen functional groups attached to an aromatic ring is 1. The van der Waals surface area contributed by atoms with Crippen molar-refractivity contribution in [2.24, 2.45) is 0 Å². The summed E-state index contributed by atoms with van der Waals surface area (Å²) < 4.78 is 12.4. The van der Waals surface area contributed by atoms with E-state index in [0.717, 1.165) is 22.3 Å². The molecule has 0 saturated carbocycles. The Balaban J connectivity index is 2.57. The van der Waals surface area contributed by atoms with Gasteiger partial charge in [-0.1, -0.05) is 0 Å². The topological polar surface area (TPSA) is 44.5 Å². The summed E-state index contributed by atoms with van der Waals surface area (Å²) in [6, 6.07) is 0. The standard InChI is InChI=1S/C16H26BNO2/c1-9-11(3)14(18)12(4)10(2)13(9)17-19-15(5,6)16(7,8)20-17/h18H2,1-8H3. The normalized spacial score (nSPS) is 20.5. The van der Waals surface area contributed by atoms with Gasteiger partial charge in [0, 0.05) is 5.69 Å². The van der Waals surface area contributed by atoms with Gasteiger partial charge in [0.05, 0.1) is 11.2 Å². The molecular formula is C16H26BNO2. The van der Waals surface area contributed by atoms with Gasteiger partial charge in [-0.2, -0.15) is 0 Å². The van der Waals surface area contributed by atoms with Crippen molar-refractivity contribution < 1.29 is 9.31 Å². The van der Waals surface area contributed by atoms with E-state index in [4.69, 9.17) is 15.0 Å². The first kappa shape index (κ1) is 15.4. The molecule has 2 N–H and O–H groups in total. The van der Waals surface area contributed by atoms with E-state index in [9.17, 15) is 0 Å². The molecule has 1 heterocycles. The molecule has 1 aromatic carbocycles. The zero-order valence-corrected chi connectivity index (χ0v) is 14.0. The van der Waals surface area contributed by atoms with Gasteiger partial charge in [0.25, 0.3) is 0 Å². The predicted molar refractivity (Wildman–Crippen MR) is 85.5 cm³/mol. The van der Waals surface area contributed by atoms with Crippen LogP contribution in [-0.2, 0) is 9.31 Å². The van der Waals surface area contributed by atoms with Crippen LogP contribution in [0, 0.1) is 27.7 Å². The number of benzene rings is 1. The lowest BCUT2D eigenvalue weighted by molar-refractivity contribution is 0.00578. The highest BCUT2D eigenvalue weighted by Crippen LogP contribution is 2.37. The van der Waals surface area contributed by atoms with Crippen LogP contribution in [0.2, 0.25) is 0 Å². The van der Waals surface area contributed by atoms with Crippen molar-refractivity contribution in [2.75, 3.05) is 5.73 Å². The van der Waals surface area contributed by atoms with Gasteiger partial charge in [-0.25, -0.2) is 0 Å². The molecule has 20 heavy (non-hydrogen) atoms. The fourth-order valence-corrected chi connectivity index (χ4v) is 2.68. The summed E-state index contributed by atoms with van der Waals surface area (Å²) in [4.78, 5) is 0. The van der Waals surface area contributed by atoms with Gasteiger partial charge in [0.2, 0.25) is 0 Å². The van der Waals surface area contributed by atoms with Gasteiger partial charge >= 0.3 is 7.12 Å². The van der Waals surface area contributed by atoms with Gasteiger partial charge < -0.3 is 15.0 Å². The Morgan fingerprint density at radius 3 is 1.45 bits per heavy atom. The minimum atomic E-state index is -0.321. The molecule has 0 amide bonds. The Kier molecular flexibility index (Phi) is 3.47. The summed E-state index contributed by atoms with van der Waals surface area (Å²) >= 11 is 0. The Morgan fingerprint density at radius 2 is 1.10 bits per heavy atom. The van der Waals surface area contributed by atoms with E-state index in [1.165, 1.54) is 11.1 Å². The van der Waals surface area contributed by atoms with E-state index in [1.807, 2.05) is 0 Å². The molecule has 1 aliphatic heterocycles. The molecule has 1 saturated heterocycles. The first-order valence-electron chi connectivity index (χ1n) is 7.21. The lowest BCUT2D eigenvalue weighted by atomic mass is 9.71. The molecule has 0 unspecified atom stereocenters. The Hall–Kier alpha value is -0.995. The molecule has 0 aliphatic carbocycles. The fourth-order valence-electron chi connectivity index (χ4n) is 2.68. The highest BCUT2D eigenvalue weighted by Gasteiger charge is 2.52. The smallest absolute Gasteiger partial charge is 0.399 e. The maximum atomic E-state index is 6.20. The van der Waals surface area contributed by atoms with Gasteiger partial charge in [-0.05, 0) is 83.1 Å². The second kappa shape index (κ2) is 4.50. The Bertz CT molecular complexity index is 519. The molecule has 0 aromatic heterocycles. The summed E-state index contributed by atoms with van der Waals surface area (Å²) in [5, 5.41) is 0. The quantitative estimate of drug-likeness (QED) is 0.633. The van der Waals surface area contributed by atoms with E-state index in [-0.39, 0.29) is 18.3 Å². The number of nitrogens with two attached hydrogens (primary N) is 1. The van der Waals surface area contributed by atoms with Crippen LogP contribution in [0.5, 0.6) is 0 Å². The van der Waals surface area contributed by atoms with Crippen molar-refractivity contribution in [2.45, 2.75) is 66.6 Å². The molecular weight excluding hydrogens is 249 g/mol. The van der Waals surface area contributed by atoms with Crippen molar-refractivity contribution in [3.8, 4) is 0 Å². The van der Waals surface area contributed by atoms with E-state index in [1.54, 1.807) is 0 Å². The van der Waals surface area contributed by atoms with Crippen LogP contribution in [-0.4, -0.2) is 18.3 Å². The zero-order valence-electron chi connectivity index (χ0n) is 14.0. The molecule has 1 aromatic rings. The largest absolute Gasteiger partial charge is 0.495 e. The van der Waals surface area contributed by atoms with E-state index in [0.29, 0.717) is 0 Å². The number of rotatable bonds is 1. The SMILES string of the molecule is Cc1c(C)c(B2OC(C)(C)C(C)(C)O2)c(C)c(C)c1N. The summed E-state index contributed by atoms with van der Waals surface area (Å²) in [6.45, 7) is 16.6. The molecule has 3 nitrogen and oxygen atoms in total. The van der Waals surface area contributed by atoms with Crippen molar-refractivity contribution in [1.82, 2.24) is 0 Å². The fraction of sp³-hybridized carbons (Fsp3) is 0.625. The minimum absolute atomic E-state index is 0.320. The molecule has 0 atom stereocenters. The number of hydrogen-bond donors (Lipinski definition) is 1. The molecule has 0 bridgehead atoms. The summed E-state index contributed by atoms with van der Waals surface area (Å²) in [7, 11) is -0.321. The number of hydrogen-bond acceptors (Lipinski definition) is 3. The van der Waals surface area contributed by atoms with Crippen molar-refractivity contribution in [1.29, 1.82) is 0 Å². The van der Waals surface area contributed by atoms with E-state index < -0.39 is 0 Å². The third kappa shape index (κ3) is 2.06. The molecule has 1 aliphatic rings.